The lowest BCUT2D eigenvalue weighted by atomic mass is 10.1. The fourth-order valence-electron chi connectivity index (χ4n) is 3.06. The number of thiocarbonyl (C=S) groups is 1. The summed E-state index contributed by atoms with van der Waals surface area (Å²) in [5, 5.41) is 13.7. The fourth-order valence-corrected chi connectivity index (χ4v) is 3.54. The Morgan fingerprint density at radius 2 is 1.92 bits per heavy atom. The van der Waals surface area contributed by atoms with Crippen LogP contribution in [0.15, 0.2) is 42.5 Å². The molecule has 0 saturated carbocycles. The van der Waals surface area contributed by atoms with Crippen LogP contribution < -0.4 is 10.2 Å². The number of quaternary nitrogens is 1. The standard InChI is InChI=1S/C20H21ClN4S/c1-15-2-7-18(12-19(15)21)23-20(26)25-10-8-24(9-11-25)14-17-5-3-16(13-22)4-6-17/h2-7,12H,8-11,14H2,1H3,(H,23,26)/p+1. The van der Waals surface area contributed by atoms with Gasteiger partial charge in [-0.2, -0.15) is 5.26 Å². The van der Waals surface area contributed by atoms with Crippen LogP contribution in [0.1, 0.15) is 16.7 Å². The van der Waals surface area contributed by atoms with Crippen molar-refractivity contribution in [3.05, 3.63) is 64.2 Å². The molecule has 134 valence electrons. The van der Waals surface area contributed by atoms with Crippen LogP contribution >= 0.6 is 23.8 Å². The first kappa shape index (κ1) is 18.7. The minimum Gasteiger partial charge on any atom is -0.338 e. The van der Waals surface area contributed by atoms with Gasteiger partial charge in [0.05, 0.1) is 37.8 Å². The second-order valence-electron chi connectivity index (χ2n) is 6.62. The van der Waals surface area contributed by atoms with Crippen molar-refractivity contribution in [2.24, 2.45) is 0 Å². The molecule has 0 aliphatic carbocycles. The molecule has 0 radical (unpaired) electrons. The summed E-state index contributed by atoms with van der Waals surface area (Å²) >= 11 is 11.7. The van der Waals surface area contributed by atoms with Crippen molar-refractivity contribution >= 4 is 34.6 Å². The quantitative estimate of drug-likeness (QED) is 0.797. The molecule has 0 bridgehead atoms. The highest BCUT2D eigenvalue weighted by atomic mass is 35.5. The molecule has 6 heteroatoms. The summed E-state index contributed by atoms with van der Waals surface area (Å²) < 4.78 is 0. The van der Waals surface area contributed by atoms with Gasteiger partial charge in [-0.15, -0.1) is 0 Å². The third-order valence-corrected chi connectivity index (χ3v) is 5.49. The van der Waals surface area contributed by atoms with Crippen LogP contribution in [0.4, 0.5) is 5.69 Å². The fraction of sp³-hybridized carbons (Fsp3) is 0.300. The van der Waals surface area contributed by atoms with Gasteiger partial charge in [-0.25, -0.2) is 0 Å². The second-order valence-corrected chi connectivity index (χ2v) is 7.41. The normalized spacial score (nSPS) is 14.7. The summed E-state index contributed by atoms with van der Waals surface area (Å²) in [5.74, 6) is 0. The minimum absolute atomic E-state index is 0.709. The van der Waals surface area contributed by atoms with Crippen molar-refractivity contribution in [3.8, 4) is 6.07 Å². The van der Waals surface area contributed by atoms with E-state index < -0.39 is 0 Å². The summed E-state index contributed by atoms with van der Waals surface area (Å²) in [6, 6.07) is 15.9. The van der Waals surface area contributed by atoms with Crippen LogP contribution in [0, 0.1) is 18.3 Å². The van der Waals surface area contributed by atoms with Gasteiger partial charge in [0, 0.05) is 16.3 Å². The van der Waals surface area contributed by atoms with Crippen LogP contribution in [0.25, 0.3) is 0 Å². The van der Waals surface area contributed by atoms with E-state index in [1.165, 1.54) is 10.5 Å². The minimum atomic E-state index is 0.709. The van der Waals surface area contributed by atoms with Crippen LogP contribution in [0.2, 0.25) is 5.02 Å². The van der Waals surface area contributed by atoms with Crippen molar-refractivity contribution in [2.45, 2.75) is 13.5 Å². The van der Waals surface area contributed by atoms with Crippen molar-refractivity contribution in [1.82, 2.24) is 4.90 Å². The number of hydrogen-bond acceptors (Lipinski definition) is 2. The number of piperazine rings is 1. The maximum Gasteiger partial charge on any atom is 0.173 e. The van der Waals surface area contributed by atoms with E-state index in [0.29, 0.717) is 5.56 Å². The highest BCUT2D eigenvalue weighted by Crippen LogP contribution is 2.20. The Morgan fingerprint density at radius 1 is 1.23 bits per heavy atom. The molecule has 0 spiro atoms. The zero-order valence-electron chi connectivity index (χ0n) is 14.8. The molecule has 1 saturated heterocycles. The topological polar surface area (TPSA) is 43.5 Å². The van der Waals surface area contributed by atoms with Crippen LogP contribution in [-0.2, 0) is 6.54 Å². The van der Waals surface area contributed by atoms with E-state index in [9.17, 15) is 0 Å². The van der Waals surface area contributed by atoms with E-state index in [2.05, 4.69) is 16.3 Å². The Labute approximate surface area is 165 Å². The van der Waals surface area contributed by atoms with Gasteiger partial charge in [0.15, 0.2) is 5.11 Å². The number of benzene rings is 2. The van der Waals surface area contributed by atoms with Crippen LogP contribution in [0.3, 0.4) is 0 Å². The Hall–Kier alpha value is -2.13. The predicted octanol–water partition coefficient (Wildman–Crippen LogP) is 2.62. The average molecular weight is 386 g/mol. The van der Waals surface area contributed by atoms with Gasteiger partial charge in [0.2, 0.25) is 0 Å². The molecule has 0 amide bonds. The third kappa shape index (κ3) is 4.73. The predicted molar refractivity (Wildman–Crippen MR) is 110 cm³/mol. The first-order valence-corrected chi connectivity index (χ1v) is 9.48. The number of aryl methyl sites for hydroxylation is 1. The molecule has 1 heterocycles. The monoisotopic (exact) mass is 385 g/mol. The molecule has 1 fully saturated rings. The first-order valence-electron chi connectivity index (χ1n) is 8.70. The van der Waals surface area contributed by atoms with E-state index in [1.54, 1.807) is 0 Å². The Kier molecular flexibility index (Phi) is 6.10. The highest BCUT2D eigenvalue weighted by Gasteiger charge is 2.22. The van der Waals surface area contributed by atoms with Crippen LogP contribution in [0.5, 0.6) is 0 Å². The molecule has 1 aliphatic rings. The smallest absolute Gasteiger partial charge is 0.173 e. The lowest BCUT2D eigenvalue weighted by Crippen LogP contribution is -3.13. The van der Waals surface area contributed by atoms with E-state index in [0.717, 1.165) is 54.1 Å². The van der Waals surface area contributed by atoms with E-state index in [-0.39, 0.29) is 0 Å². The number of halogens is 1. The molecule has 2 N–H and O–H groups in total. The molecule has 0 aromatic heterocycles. The van der Waals surface area contributed by atoms with Gasteiger partial charge >= 0.3 is 0 Å². The number of hydrogen-bond donors (Lipinski definition) is 2. The zero-order chi connectivity index (χ0) is 18.5. The second kappa shape index (κ2) is 8.50. The average Bonchev–Trinajstić information content (AvgIpc) is 2.66. The molecule has 2 aromatic carbocycles. The van der Waals surface area contributed by atoms with Crippen molar-refractivity contribution in [2.75, 3.05) is 31.5 Å². The molecule has 1 aliphatic heterocycles. The highest BCUT2D eigenvalue weighted by molar-refractivity contribution is 7.80. The number of nitriles is 1. The third-order valence-electron chi connectivity index (χ3n) is 4.72. The zero-order valence-corrected chi connectivity index (χ0v) is 16.3. The molecular weight excluding hydrogens is 364 g/mol. The van der Waals surface area contributed by atoms with Gasteiger partial charge in [-0.3, -0.25) is 0 Å². The van der Waals surface area contributed by atoms with Gasteiger partial charge < -0.3 is 15.1 Å². The maximum absolute atomic E-state index is 8.88. The lowest BCUT2D eigenvalue weighted by Gasteiger charge is -2.34. The summed E-state index contributed by atoms with van der Waals surface area (Å²) in [6.45, 7) is 6.90. The SMILES string of the molecule is Cc1ccc(NC(=S)N2CC[NH+](Cc3ccc(C#N)cc3)CC2)cc1Cl. The Morgan fingerprint density at radius 3 is 2.54 bits per heavy atom. The Balaban J connectivity index is 1.50. The molecular formula is C20H22ClN4S+. The molecule has 2 aromatic rings. The molecule has 4 nitrogen and oxygen atoms in total. The summed E-state index contributed by atoms with van der Waals surface area (Å²) in [5.41, 5.74) is 3.96. The molecule has 0 unspecified atom stereocenters. The lowest BCUT2D eigenvalue weighted by molar-refractivity contribution is -0.917. The van der Waals surface area contributed by atoms with Gasteiger partial charge in [0.1, 0.15) is 6.54 Å². The summed E-state index contributed by atoms with van der Waals surface area (Å²) in [7, 11) is 0. The van der Waals surface area contributed by atoms with E-state index in [1.807, 2.05) is 49.4 Å². The largest absolute Gasteiger partial charge is 0.338 e. The number of rotatable bonds is 3. The van der Waals surface area contributed by atoms with Crippen molar-refractivity contribution in [3.63, 3.8) is 0 Å². The van der Waals surface area contributed by atoms with Gasteiger partial charge in [0.25, 0.3) is 0 Å². The van der Waals surface area contributed by atoms with Gasteiger partial charge in [-0.05, 0) is 49.0 Å². The van der Waals surface area contributed by atoms with Crippen LogP contribution in [-0.4, -0.2) is 36.2 Å². The van der Waals surface area contributed by atoms with E-state index >= 15 is 0 Å². The molecule has 26 heavy (non-hydrogen) atoms. The number of nitrogens with one attached hydrogen (secondary N) is 2. The van der Waals surface area contributed by atoms with Gasteiger partial charge in [-0.1, -0.05) is 29.8 Å². The maximum atomic E-state index is 8.88. The first-order chi connectivity index (χ1) is 12.5. The Bertz CT molecular complexity index is 821. The van der Waals surface area contributed by atoms with E-state index in [4.69, 9.17) is 29.1 Å². The summed E-state index contributed by atoms with van der Waals surface area (Å²) in [6.07, 6.45) is 0. The number of anilines is 1. The van der Waals surface area contributed by atoms with Crippen molar-refractivity contribution in [1.29, 1.82) is 5.26 Å². The molecule has 3 rings (SSSR count). The summed E-state index contributed by atoms with van der Waals surface area (Å²) in [4.78, 5) is 3.75. The van der Waals surface area contributed by atoms with Crippen molar-refractivity contribution < 1.29 is 4.90 Å². The molecule has 0 atom stereocenters. The number of nitrogens with zero attached hydrogens (tertiary/aromatic N) is 2.